The minimum absolute atomic E-state index is 0.00587. The van der Waals surface area contributed by atoms with Crippen molar-refractivity contribution >= 4 is 52.5 Å². The van der Waals surface area contributed by atoms with Crippen LogP contribution < -0.4 is 10.6 Å². The van der Waals surface area contributed by atoms with Crippen molar-refractivity contribution in [3.8, 4) is 6.07 Å². The molecular weight excluding hydrogens is 409 g/mol. The number of allylic oxidation sites excluding steroid dienone is 1. The van der Waals surface area contributed by atoms with Gasteiger partial charge in [0.1, 0.15) is 5.76 Å². The number of rotatable bonds is 5. The maximum absolute atomic E-state index is 12.2. The van der Waals surface area contributed by atoms with Crippen molar-refractivity contribution < 1.29 is 14.0 Å². The Bertz CT molecular complexity index is 951. The number of amides is 2. The standard InChI is InChI=1S/C18H13Cl2N3O3S/c19-13-4-3-10(6-14(13)20)22-17(25)9-27-18-12(8-21)11(7-16(24)23-18)15-2-1-5-26-15/h1-6,11H,7,9H2,(H,22,25)(H,23,24)/t11-/m0/s1. The Morgan fingerprint density at radius 1 is 1.37 bits per heavy atom. The van der Waals surface area contributed by atoms with Crippen LogP contribution in [0, 0.1) is 11.3 Å². The number of furan rings is 1. The number of carbonyl (C=O) groups is 2. The molecule has 2 heterocycles. The summed E-state index contributed by atoms with van der Waals surface area (Å²) in [6, 6.07) is 10.3. The number of benzene rings is 1. The summed E-state index contributed by atoms with van der Waals surface area (Å²) in [6.45, 7) is 0. The predicted octanol–water partition coefficient (Wildman–Crippen LogP) is 4.30. The van der Waals surface area contributed by atoms with Gasteiger partial charge in [-0.25, -0.2) is 0 Å². The minimum Gasteiger partial charge on any atom is -0.469 e. The van der Waals surface area contributed by atoms with Crippen molar-refractivity contribution in [3.63, 3.8) is 0 Å². The lowest BCUT2D eigenvalue weighted by molar-refractivity contribution is -0.121. The van der Waals surface area contributed by atoms with E-state index in [9.17, 15) is 14.9 Å². The van der Waals surface area contributed by atoms with Crippen LogP contribution in [0.15, 0.2) is 51.6 Å². The van der Waals surface area contributed by atoms with Crippen molar-refractivity contribution in [1.29, 1.82) is 5.26 Å². The number of carbonyl (C=O) groups excluding carboxylic acids is 2. The molecule has 1 aromatic carbocycles. The lowest BCUT2D eigenvalue weighted by atomic mass is 9.92. The second-order valence-corrected chi connectivity index (χ2v) is 7.44. The molecule has 27 heavy (non-hydrogen) atoms. The normalized spacial score (nSPS) is 16.6. The third-order valence-electron chi connectivity index (χ3n) is 3.79. The van der Waals surface area contributed by atoms with Gasteiger partial charge in [-0.3, -0.25) is 9.59 Å². The molecule has 6 nitrogen and oxygen atoms in total. The Hall–Kier alpha value is -2.40. The van der Waals surface area contributed by atoms with Crippen molar-refractivity contribution in [2.24, 2.45) is 0 Å². The first kappa shape index (κ1) is 19.4. The van der Waals surface area contributed by atoms with Crippen molar-refractivity contribution in [2.75, 3.05) is 11.1 Å². The average Bonchev–Trinajstić information content (AvgIpc) is 3.17. The van der Waals surface area contributed by atoms with Crippen LogP contribution in [0.3, 0.4) is 0 Å². The monoisotopic (exact) mass is 421 g/mol. The molecule has 138 valence electrons. The fourth-order valence-electron chi connectivity index (χ4n) is 2.57. The van der Waals surface area contributed by atoms with E-state index in [1.165, 1.54) is 6.26 Å². The highest BCUT2D eigenvalue weighted by Crippen LogP contribution is 2.36. The lowest BCUT2D eigenvalue weighted by Crippen LogP contribution is -2.31. The average molecular weight is 422 g/mol. The molecule has 3 rings (SSSR count). The fourth-order valence-corrected chi connectivity index (χ4v) is 3.75. The largest absolute Gasteiger partial charge is 0.469 e. The molecule has 1 aromatic heterocycles. The number of thioether (sulfide) groups is 1. The molecule has 0 aliphatic carbocycles. The van der Waals surface area contributed by atoms with Gasteiger partial charge in [0, 0.05) is 12.1 Å². The first-order valence-electron chi connectivity index (χ1n) is 7.83. The van der Waals surface area contributed by atoms with Gasteiger partial charge in [0.2, 0.25) is 11.8 Å². The highest BCUT2D eigenvalue weighted by molar-refractivity contribution is 8.03. The van der Waals surface area contributed by atoms with Crippen LogP contribution in [0.25, 0.3) is 0 Å². The van der Waals surface area contributed by atoms with Crippen LogP contribution in [-0.2, 0) is 9.59 Å². The highest BCUT2D eigenvalue weighted by Gasteiger charge is 2.31. The van der Waals surface area contributed by atoms with Crippen molar-refractivity contribution in [1.82, 2.24) is 5.32 Å². The van der Waals surface area contributed by atoms with E-state index in [0.29, 0.717) is 32.1 Å². The topological polar surface area (TPSA) is 95.1 Å². The summed E-state index contributed by atoms with van der Waals surface area (Å²) in [7, 11) is 0. The van der Waals surface area contributed by atoms with Gasteiger partial charge in [-0.2, -0.15) is 5.26 Å². The summed E-state index contributed by atoms with van der Waals surface area (Å²) < 4.78 is 5.35. The van der Waals surface area contributed by atoms with E-state index in [0.717, 1.165) is 11.8 Å². The van der Waals surface area contributed by atoms with Gasteiger partial charge >= 0.3 is 0 Å². The number of nitriles is 1. The van der Waals surface area contributed by atoms with Gasteiger partial charge in [-0.05, 0) is 30.3 Å². The molecule has 2 N–H and O–H groups in total. The molecule has 0 bridgehead atoms. The first-order chi connectivity index (χ1) is 13.0. The smallest absolute Gasteiger partial charge is 0.234 e. The molecule has 9 heteroatoms. The molecule has 0 unspecified atom stereocenters. The van der Waals surface area contributed by atoms with Gasteiger partial charge in [-0.15, -0.1) is 0 Å². The van der Waals surface area contributed by atoms with Gasteiger partial charge in [0.05, 0.1) is 44.7 Å². The number of anilines is 1. The molecule has 1 aliphatic rings. The first-order valence-corrected chi connectivity index (χ1v) is 9.57. The molecule has 1 aliphatic heterocycles. The van der Waals surface area contributed by atoms with Gasteiger partial charge < -0.3 is 15.1 Å². The highest BCUT2D eigenvalue weighted by atomic mass is 35.5. The molecule has 0 fully saturated rings. The molecule has 0 radical (unpaired) electrons. The molecule has 0 saturated carbocycles. The van der Waals surface area contributed by atoms with E-state index >= 15 is 0 Å². The Morgan fingerprint density at radius 3 is 2.85 bits per heavy atom. The molecule has 1 atom stereocenters. The second-order valence-electron chi connectivity index (χ2n) is 5.64. The Kier molecular flexibility index (Phi) is 6.11. The van der Waals surface area contributed by atoms with Crippen LogP contribution in [0.2, 0.25) is 10.0 Å². The quantitative estimate of drug-likeness (QED) is 0.749. The van der Waals surface area contributed by atoms with Crippen LogP contribution in [0.1, 0.15) is 18.1 Å². The summed E-state index contributed by atoms with van der Waals surface area (Å²) in [6.07, 6.45) is 1.62. The summed E-state index contributed by atoms with van der Waals surface area (Å²) in [5.41, 5.74) is 0.877. The molecule has 0 saturated heterocycles. The van der Waals surface area contributed by atoms with E-state index < -0.39 is 5.92 Å². The number of hydrogen-bond acceptors (Lipinski definition) is 5. The summed E-state index contributed by atoms with van der Waals surface area (Å²) in [5, 5.41) is 16.0. The van der Waals surface area contributed by atoms with Gasteiger partial charge in [0.15, 0.2) is 0 Å². The maximum Gasteiger partial charge on any atom is 0.234 e. The van der Waals surface area contributed by atoms with E-state index in [2.05, 4.69) is 16.7 Å². The predicted molar refractivity (Wildman–Crippen MR) is 104 cm³/mol. The van der Waals surface area contributed by atoms with Crippen LogP contribution in [0.5, 0.6) is 0 Å². The zero-order chi connectivity index (χ0) is 19.4. The van der Waals surface area contributed by atoms with Crippen LogP contribution in [0.4, 0.5) is 5.69 Å². The third-order valence-corrected chi connectivity index (χ3v) is 5.55. The molecule has 0 spiro atoms. The fraction of sp³-hybridized carbons (Fsp3) is 0.167. The van der Waals surface area contributed by atoms with Crippen LogP contribution >= 0.6 is 35.0 Å². The van der Waals surface area contributed by atoms with E-state index in [4.69, 9.17) is 27.6 Å². The Balaban J connectivity index is 1.71. The zero-order valence-electron chi connectivity index (χ0n) is 13.8. The summed E-state index contributed by atoms with van der Waals surface area (Å²) >= 11 is 12.9. The third kappa shape index (κ3) is 4.66. The molecule has 2 aromatic rings. The van der Waals surface area contributed by atoms with E-state index in [1.54, 1.807) is 30.3 Å². The molecular formula is C18H13Cl2N3O3S. The van der Waals surface area contributed by atoms with Gasteiger partial charge in [-0.1, -0.05) is 35.0 Å². The van der Waals surface area contributed by atoms with Crippen molar-refractivity contribution in [3.05, 3.63) is 63.0 Å². The Labute approximate surface area is 169 Å². The number of nitrogens with one attached hydrogen (secondary N) is 2. The second kappa shape index (κ2) is 8.53. The minimum atomic E-state index is -0.459. The summed E-state index contributed by atoms with van der Waals surface area (Å²) in [5.74, 6) is -0.453. The number of halogens is 2. The lowest BCUT2D eigenvalue weighted by Gasteiger charge is -2.23. The number of hydrogen-bond donors (Lipinski definition) is 2. The van der Waals surface area contributed by atoms with E-state index in [1.807, 2.05) is 0 Å². The van der Waals surface area contributed by atoms with Crippen molar-refractivity contribution in [2.45, 2.75) is 12.3 Å². The SMILES string of the molecule is N#CC1=C(SCC(=O)Nc2ccc(Cl)c(Cl)c2)NC(=O)C[C@@H]1c1ccco1. The number of nitrogens with zero attached hydrogens (tertiary/aromatic N) is 1. The van der Waals surface area contributed by atoms with E-state index in [-0.39, 0.29) is 24.0 Å². The van der Waals surface area contributed by atoms with Crippen LogP contribution in [-0.4, -0.2) is 17.6 Å². The van der Waals surface area contributed by atoms with Gasteiger partial charge in [0.25, 0.3) is 0 Å². The Morgan fingerprint density at radius 2 is 2.19 bits per heavy atom. The summed E-state index contributed by atoms with van der Waals surface area (Å²) in [4.78, 5) is 24.2. The maximum atomic E-state index is 12.2. The zero-order valence-corrected chi connectivity index (χ0v) is 16.1. The molecule has 2 amide bonds.